The second kappa shape index (κ2) is 7.25. The molecular formula is C22H18N4O2S. The van der Waals surface area contributed by atoms with E-state index in [0.717, 1.165) is 23.4 Å². The second-order valence-corrected chi connectivity index (χ2v) is 8.10. The van der Waals surface area contributed by atoms with Crippen LogP contribution in [0.1, 0.15) is 34.9 Å². The number of aliphatic imine (C=N–C) groups is 1. The normalized spacial score (nSPS) is 14.1. The lowest BCUT2D eigenvalue weighted by atomic mass is 10.1. The number of benzene rings is 2. The molecule has 1 fully saturated rings. The average molecular weight is 402 g/mol. The molecule has 2 heterocycles. The van der Waals surface area contributed by atoms with E-state index in [1.807, 2.05) is 48.5 Å². The number of hydrogen-bond acceptors (Lipinski definition) is 6. The fourth-order valence-corrected chi connectivity index (χ4v) is 4.20. The Morgan fingerprint density at radius 3 is 2.55 bits per heavy atom. The van der Waals surface area contributed by atoms with Crippen LogP contribution in [0.2, 0.25) is 0 Å². The lowest BCUT2D eigenvalue weighted by Crippen LogP contribution is -2.22. The first-order valence-corrected chi connectivity index (χ1v) is 10.3. The van der Waals surface area contributed by atoms with Crippen LogP contribution in [0, 0.1) is 0 Å². The van der Waals surface area contributed by atoms with Crippen LogP contribution in [0.5, 0.6) is 5.88 Å². The molecular weight excluding hydrogens is 384 g/mol. The Labute approximate surface area is 170 Å². The largest absolute Gasteiger partial charge is 0.494 e. The van der Waals surface area contributed by atoms with Gasteiger partial charge in [0, 0.05) is 22.9 Å². The highest BCUT2D eigenvalue weighted by molar-refractivity contribution is 7.15. The monoisotopic (exact) mass is 402 g/mol. The summed E-state index contributed by atoms with van der Waals surface area (Å²) < 4.78 is 1.38. The van der Waals surface area contributed by atoms with Gasteiger partial charge in [-0.2, -0.15) is 0 Å². The van der Waals surface area contributed by atoms with Gasteiger partial charge in [0.2, 0.25) is 11.0 Å². The summed E-state index contributed by atoms with van der Waals surface area (Å²) in [5.41, 5.74) is 1.20. The van der Waals surface area contributed by atoms with Crippen LogP contribution >= 0.6 is 11.3 Å². The molecule has 5 rings (SSSR count). The molecule has 0 unspecified atom stereocenters. The zero-order valence-corrected chi connectivity index (χ0v) is 16.3. The van der Waals surface area contributed by atoms with Gasteiger partial charge in [-0.05, 0) is 24.5 Å². The van der Waals surface area contributed by atoms with Crippen LogP contribution in [0.3, 0.4) is 0 Å². The van der Waals surface area contributed by atoms with Crippen molar-refractivity contribution in [3.63, 3.8) is 0 Å². The van der Waals surface area contributed by atoms with E-state index >= 15 is 0 Å². The number of fused-ring (bicyclic) bond motifs is 1. The number of pyridine rings is 1. The molecule has 1 N–H and O–H groups in total. The minimum atomic E-state index is -0.231. The molecule has 6 nitrogen and oxygen atoms in total. The summed E-state index contributed by atoms with van der Waals surface area (Å²) in [5.74, 6) is 0.423. The van der Waals surface area contributed by atoms with Gasteiger partial charge in [0.1, 0.15) is 5.01 Å². The van der Waals surface area contributed by atoms with E-state index in [4.69, 9.17) is 0 Å². The molecule has 0 atom stereocenters. The summed E-state index contributed by atoms with van der Waals surface area (Å²) in [6.45, 7) is 0.280. The Morgan fingerprint density at radius 2 is 1.79 bits per heavy atom. The molecule has 0 radical (unpaired) electrons. The summed E-state index contributed by atoms with van der Waals surface area (Å²) in [6.07, 6.45) is 3.90. The van der Waals surface area contributed by atoms with E-state index in [0.29, 0.717) is 27.4 Å². The fraction of sp³-hybridized carbons (Fsp3) is 0.182. The van der Waals surface area contributed by atoms with Crippen molar-refractivity contribution >= 4 is 33.5 Å². The highest BCUT2D eigenvalue weighted by atomic mass is 32.1. The highest BCUT2D eigenvalue weighted by Gasteiger charge is 2.27. The van der Waals surface area contributed by atoms with Gasteiger partial charge in [-0.3, -0.25) is 9.36 Å². The molecule has 29 heavy (non-hydrogen) atoms. The Morgan fingerprint density at radius 1 is 1.07 bits per heavy atom. The molecule has 0 saturated heterocycles. The van der Waals surface area contributed by atoms with Crippen LogP contribution in [0.25, 0.3) is 10.8 Å². The second-order valence-electron chi connectivity index (χ2n) is 7.12. The van der Waals surface area contributed by atoms with Crippen molar-refractivity contribution in [3.8, 4) is 5.88 Å². The first kappa shape index (κ1) is 17.8. The van der Waals surface area contributed by atoms with Gasteiger partial charge >= 0.3 is 0 Å². The molecule has 0 bridgehead atoms. The lowest BCUT2D eigenvalue weighted by Gasteiger charge is -2.13. The number of nitrogens with zero attached hydrogens (tertiary/aromatic N) is 4. The first-order valence-electron chi connectivity index (χ1n) is 9.46. The molecule has 144 valence electrons. The van der Waals surface area contributed by atoms with Gasteiger partial charge in [0.05, 0.1) is 12.1 Å². The van der Waals surface area contributed by atoms with Gasteiger partial charge in [0.15, 0.2) is 0 Å². The van der Waals surface area contributed by atoms with Crippen molar-refractivity contribution in [1.82, 2.24) is 14.8 Å². The third kappa shape index (κ3) is 3.45. The Hall–Kier alpha value is -3.32. The van der Waals surface area contributed by atoms with E-state index in [1.165, 1.54) is 15.9 Å². The lowest BCUT2D eigenvalue weighted by molar-refractivity contribution is 0.416. The first-order chi connectivity index (χ1) is 14.2. The van der Waals surface area contributed by atoms with Gasteiger partial charge in [-0.25, -0.2) is 4.99 Å². The van der Waals surface area contributed by atoms with Crippen molar-refractivity contribution < 1.29 is 5.11 Å². The molecule has 4 aromatic rings. The van der Waals surface area contributed by atoms with Crippen molar-refractivity contribution in [2.75, 3.05) is 0 Å². The van der Waals surface area contributed by atoms with Gasteiger partial charge in [0.25, 0.3) is 5.56 Å². The average Bonchev–Trinajstić information content (AvgIpc) is 3.50. The standard InChI is InChI=1S/C22H18N4O2S/c27-20-17-9-5-4-8-16(17)18(12-23-22-25-24-19(29-22)15-10-11-15)21(28)26(20)13-14-6-2-1-3-7-14/h1-9,12,15,28H,10-11,13H2. The number of aromatic hydroxyl groups is 1. The quantitative estimate of drug-likeness (QED) is 0.507. The number of rotatable bonds is 5. The maximum Gasteiger partial charge on any atom is 0.261 e. The van der Waals surface area contributed by atoms with Crippen molar-refractivity contribution in [2.24, 2.45) is 4.99 Å². The van der Waals surface area contributed by atoms with Crippen molar-refractivity contribution in [3.05, 3.63) is 81.1 Å². The van der Waals surface area contributed by atoms with Gasteiger partial charge in [-0.15, -0.1) is 10.2 Å². The number of hydrogen-bond donors (Lipinski definition) is 1. The molecule has 7 heteroatoms. The maximum absolute atomic E-state index is 13.0. The van der Waals surface area contributed by atoms with Crippen LogP contribution < -0.4 is 5.56 Å². The Bertz CT molecular complexity index is 1270. The molecule has 1 aliphatic carbocycles. The zero-order valence-electron chi connectivity index (χ0n) is 15.5. The van der Waals surface area contributed by atoms with E-state index < -0.39 is 0 Å². The summed E-state index contributed by atoms with van der Waals surface area (Å²) in [6, 6.07) is 16.8. The smallest absolute Gasteiger partial charge is 0.261 e. The molecule has 0 spiro atoms. The predicted octanol–water partition coefficient (Wildman–Crippen LogP) is 4.23. The minimum absolute atomic E-state index is 0.103. The van der Waals surface area contributed by atoms with Gasteiger partial charge < -0.3 is 5.11 Å². The molecule has 1 aliphatic rings. The molecule has 0 aliphatic heterocycles. The fourth-order valence-electron chi connectivity index (χ4n) is 3.35. The van der Waals surface area contributed by atoms with Crippen LogP contribution in [-0.2, 0) is 6.54 Å². The summed E-state index contributed by atoms with van der Waals surface area (Å²) >= 11 is 1.47. The third-order valence-electron chi connectivity index (χ3n) is 5.03. The summed E-state index contributed by atoms with van der Waals surface area (Å²) in [4.78, 5) is 17.4. The Kier molecular flexibility index (Phi) is 4.44. The SMILES string of the molecule is O=c1c2ccccc2c(C=Nc2nnc(C3CC3)s2)c(O)n1Cc1ccccc1. The Balaban J connectivity index is 1.61. The van der Waals surface area contributed by atoms with Crippen LogP contribution in [-0.4, -0.2) is 26.1 Å². The van der Waals surface area contributed by atoms with E-state index in [-0.39, 0.29) is 18.0 Å². The zero-order chi connectivity index (χ0) is 19.8. The molecule has 2 aromatic carbocycles. The van der Waals surface area contributed by atoms with Crippen LogP contribution in [0.4, 0.5) is 5.13 Å². The van der Waals surface area contributed by atoms with Crippen molar-refractivity contribution in [2.45, 2.75) is 25.3 Å². The molecule has 1 saturated carbocycles. The summed E-state index contributed by atoms with van der Waals surface area (Å²) in [7, 11) is 0. The van der Waals surface area contributed by atoms with E-state index in [1.54, 1.807) is 12.3 Å². The van der Waals surface area contributed by atoms with Crippen LogP contribution in [0.15, 0.2) is 64.4 Å². The van der Waals surface area contributed by atoms with Crippen molar-refractivity contribution in [1.29, 1.82) is 0 Å². The summed E-state index contributed by atoms with van der Waals surface area (Å²) in [5, 5.41) is 22.0. The molecule has 0 amide bonds. The topological polar surface area (TPSA) is 80.4 Å². The molecule has 2 aromatic heterocycles. The predicted molar refractivity (Wildman–Crippen MR) is 115 cm³/mol. The maximum atomic E-state index is 13.0. The number of aromatic nitrogens is 3. The van der Waals surface area contributed by atoms with E-state index in [9.17, 15) is 9.90 Å². The minimum Gasteiger partial charge on any atom is -0.494 e. The highest BCUT2D eigenvalue weighted by Crippen LogP contribution is 2.42. The van der Waals surface area contributed by atoms with E-state index in [2.05, 4.69) is 15.2 Å². The van der Waals surface area contributed by atoms with Gasteiger partial charge in [-0.1, -0.05) is 59.9 Å². The third-order valence-corrected chi connectivity index (χ3v) is 6.03.